The van der Waals surface area contributed by atoms with Gasteiger partial charge in [-0.15, -0.1) is 0 Å². The van der Waals surface area contributed by atoms with Crippen LogP contribution in [0.15, 0.2) is 0 Å². The number of rotatable bonds is 4. The van der Waals surface area contributed by atoms with E-state index < -0.39 is 0 Å². The third kappa shape index (κ3) is 3.23. The molecule has 5 atom stereocenters. The van der Waals surface area contributed by atoms with Gasteiger partial charge in [-0.2, -0.15) is 0 Å². The van der Waals surface area contributed by atoms with Gasteiger partial charge in [0.1, 0.15) is 0 Å². The number of methoxy groups -OCH3 is 1. The average Bonchev–Trinajstić information content (AvgIpc) is 2.71. The Morgan fingerprint density at radius 3 is 2.65 bits per heavy atom. The summed E-state index contributed by atoms with van der Waals surface area (Å²) in [4.78, 5) is 0. The van der Waals surface area contributed by atoms with Crippen molar-refractivity contribution in [1.82, 2.24) is 5.32 Å². The normalized spacial score (nSPS) is 42.9. The maximum absolute atomic E-state index is 5.51. The van der Waals surface area contributed by atoms with Crippen molar-refractivity contribution in [2.24, 2.45) is 11.8 Å². The van der Waals surface area contributed by atoms with Crippen LogP contribution in [-0.4, -0.2) is 25.3 Å². The molecule has 2 saturated carbocycles. The van der Waals surface area contributed by atoms with Crippen molar-refractivity contribution in [3.63, 3.8) is 0 Å². The monoisotopic (exact) mass is 239 g/mol. The zero-order chi connectivity index (χ0) is 12.3. The number of nitrogens with one attached hydrogen (secondary N) is 1. The fourth-order valence-electron chi connectivity index (χ4n) is 3.87. The molecule has 100 valence electrons. The first kappa shape index (κ1) is 13.4. The Balaban J connectivity index is 1.80. The van der Waals surface area contributed by atoms with E-state index in [9.17, 15) is 0 Å². The predicted octanol–water partition coefficient (Wildman–Crippen LogP) is 3.36. The molecule has 1 N–H and O–H groups in total. The minimum atomic E-state index is 0.500. The Morgan fingerprint density at radius 1 is 1.18 bits per heavy atom. The molecule has 5 unspecified atom stereocenters. The fraction of sp³-hybridized carbons (Fsp3) is 1.00. The molecule has 17 heavy (non-hydrogen) atoms. The third-order valence-electron chi connectivity index (χ3n) is 5.16. The Hall–Kier alpha value is -0.0800. The Kier molecular flexibility index (Phi) is 4.87. The molecule has 0 bridgehead atoms. The zero-order valence-corrected chi connectivity index (χ0v) is 11.7. The van der Waals surface area contributed by atoms with E-state index in [2.05, 4.69) is 19.2 Å². The van der Waals surface area contributed by atoms with Gasteiger partial charge in [0.2, 0.25) is 0 Å². The molecule has 0 aromatic heterocycles. The predicted molar refractivity (Wildman–Crippen MR) is 72.2 cm³/mol. The van der Waals surface area contributed by atoms with E-state index in [1.54, 1.807) is 0 Å². The Morgan fingerprint density at radius 2 is 2.00 bits per heavy atom. The topological polar surface area (TPSA) is 21.3 Å². The first-order chi connectivity index (χ1) is 8.24. The molecule has 0 aromatic rings. The second kappa shape index (κ2) is 6.19. The summed E-state index contributed by atoms with van der Waals surface area (Å²) >= 11 is 0. The van der Waals surface area contributed by atoms with Crippen LogP contribution in [0, 0.1) is 11.8 Å². The number of hydrogen-bond donors (Lipinski definition) is 1. The highest BCUT2D eigenvalue weighted by atomic mass is 16.5. The van der Waals surface area contributed by atoms with Gasteiger partial charge in [-0.1, -0.05) is 20.3 Å². The van der Waals surface area contributed by atoms with Crippen LogP contribution in [0.25, 0.3) is 0 Å². The van der Waals surface area contributed by atoms with Gasteiger partial charge < -0.3 is 10.1 Å². The van der Waals surface area contributed by atoms with E-state index >= 15 is 0 Å². The maximum Gasteiger partial charge on any atom is 0.0586 e. The second-order valence-electron chi connectivity index (χ2n) is 6.10. The number of ether oxygens (including phenoxy) is 1. The summed E-state index contributed by atoms with van der Waals surface area (Å²) in [6.07, 6.45) is 9.81. The van der Waals surface area contributed by atoms with E-state index in [0.717, 1.165) is 17.9 Å². The highest BCUT2D eigenvalue weighted by Crippen LogP contribution is 2.35. The van der Waals surface area contributed by atoms with Crippen LogP contribution in [0.2, 0.25) is 0 Å². The Bertz CT molecular complexity index is 231. The van der Waals surface area contributed by atoms with Gasteiger partial charge in [0, 0.05) is 19.2 Å². The molecule has 0 spiro atoms. The molecule has 2 aliphatic rings. The van der Waals surface area contributed by atoms with E-state index in [-0.39, 0.29) is 0 Å². The van der Waals surface area contributed by atoms with Crippen LogP contribution in [-0.2, 0) is 4.74 Å². The minimum absolute atomic E-state index is 0.500. The summed E-state index contributed by atoms with van der Waals surface area (Å²) in [6.45, 7) is 4.78. The fourth-order valence-corrected chi connectivity index (χ4v) is 3.87. The van der Waals surface area contributed by atoms with E-state index in [1.807, 2.05) is 7.11 Å². The van der Waals surface area contributed by atoms with Crippen LogP contribution >= 0.6 is 0 Å². The summed E-state index contributed by atoms with van der Waals surface area (Å²) in [5, 5.41) is 3.92. The minimum Gasteiger partial charge on any atom is -0.381 e. The molecule has 0 amide bonds. The van der Waals surface area contributed by atoms with Crippen molar-refractivity contribution in [3.8, 4) is 0 Å². The van der Waals surface area contributed by atoms with E-state index in [4.69, 9.17) is 4.74 Å². The molecule has 2 aliphatic carbocycles. The lowest BCUT2D eigenvalue weighted by molar-refractivity contribution is 0.0558. The van der Waals surface area contributed by atoms with Crippen molar-refractivity contribution in [3.05, 3.63) is 0 Å². The summed E-state index contributed by atoms with van der Waals surface area (Å²) in [6, 6.07) is 1.47. The average molecular weight is 239 g/mol. The molecular formula is C15H29NO. The quantitative estimate of drug-likeness (QED) is 0.812. The summed E-state index contributed by atoms with van der Waals surface area (Å²) in [5.41, 5.74) is 0. The van der Waals surface area contributed by atoms with Gasteiger partial charge in [-0.25, -0.2) is 0 Å². The van der Waals surface area contributed by atoms with Crippen LogP contribution in [0.1, 0.15) is 58.8 Å². The van der Waals surface area contributed by atoms with Crippen LogP contribution in [0.3, 0.4) is 0 Å². The van der Waals surface area contributed by atoms with Crippen molar-refractivity contribution < 1.29 is 4.74 Å². The molecule has 0 heterocycles. The van der Waals surface area contributed by atoms with Gasteiger partial charge in [0.05, 0.1) is 6.10 Å². The van der Waals surface area contributed by atoms with Crippen LogP contribution in [0.5, 0.6) is 0 Å². The SMILES string of the molecule is CCC1CCC(NC2CCCC(OC)C2)C1C. The van der Waals surface area contributed by atoms with Gasteiger partial charge in [-0.3, -0.25) is 0 Å². The largest absolute Gasteiger partial charge is 0.381 e. The standard InChI is InChI=1S/C15H29NO/c1-4-12-8-9-15(11(12)2)16-13-6-5-7-14(10-13)17-3/h11-16H,4-10H2,1-3H3. The molecule has 0 radical (unpaired) electrons. The van der Waals surface area contributed by atoms with Gasteiger partial charge in [0.25, 0.3) is 0 Å². The molecule has 2 nitrogen and oxygen atoms in total. The van der Waals surface area contributed by atoms with Crippen LogP contribution < -0.4 is 5.32 Å². The maximum atomic E-state index is 5.51. The van der Waals surface area contributed by atoms with Crippen molar-refractivity contribution in [2.45, 2.75) is 77.0 Å². The van der Waals surface area contributed by atoms with E-state index in [0.29, 0.717) is 12.1 Å². The summed E-state index contributed by atoms with van der Waals surface area (Å²) in [7, 11) is 1.86. The third-order valence-corrected chi connectivity index (χ3v) is 5.16. The van der Waals surface area contributed by atoms with Gasteiger partial charge >= 0.3 is 0 Å². The van der Waals surface area contributed by atoms with Crippen molar-refractivity contribution in [2.75, 3.05) is 7.11 Å². The lowest BCUT2D eigenvalue weighted by Crippen LogP contribution is -2.44. The molecule has 2 heteroatoms. The van der Waals surface area contributed by atoms with E-state index in [1.165, 1.54) is 44.9 Å². The summed E-state index contributed by atoms with van der Waals surface area (Å²) < 4.78 is 5.51. The van der Waals surface area contributed by atoms with Crippen molar-refractivity contribution in [1.29, 1.82) is 0 Å². The van der Waals surface area contributed by atoms with Gasteiger partial charge in [-0.05, 0) is 50.4 Å². The first-order valence-electron chi connectivity index (χ1n) is 7.53. The lowest BCUT2D eigenvalue weighted by Gasteiger charge is -2.33. The molecular weight excluding hydrogens is 210 g/mol. The molecule has 2 rings (SSSR count). The highest BCUT2D eigenvalue weighted by molar-refractivity contribution is 4.90. The van der Waals surface area contributed by atoms with Crippen LogP contribution in [0.4, 0.5) is 0 Å². The zero-order valence-electron chi connectivity index (χ0n) is 11.7. The summed E-state index contributed by atoms with van der Waals surface area (Å²) in [5.74, 6) is 1.82. The first-order valence-corrected chi connectivity index (χ1v) is 7.53. The molecule has 0 aliphatic heterocycles. The lowest BCUT2D eigenvalue weighted by atomic mass is 9.90. The second-order valence-corrected chi connectivity index (χ2v) is 6.10. The molecule has 0 saturated heterocycles. The van der Waals surface area contributed by atoms with Crippen molar-refractivity contribution >= 4 is 0 Å². The Labute approximate surface area is 107 Å². The molecule has 0 aromatic carbocycles. The number of hydrogen-bond acceptors (Lipinski definition) is 2. The van der Waals surface area contributed by atoms with Gasteiger partial charge in [0.15, 0.2) is 0 Å². The highest BCUT2D eigenvalue weighted by Gasteiger charge is 2.33. The molecule has 2 fully saturated rings. The smallest absolute Gasteiger partial charge is 0.0586 e.